The maximum atomic E-state index is 12.8. The number of nitrogens with one attached hydrogen (secondary N) is 2. The number of carbonyl (C=O) groups is 2. The number of aliphatic hydroxyl groups is 2. The zero-order valence-corrected chi connectivity index (χ0v) is 22.6. The van der Waals surface area contributed by atoms with Crippen LogP contribution in [0.2, 0.25) is 0 Å². The van der Waals surface area contributed by atoms with Gasteiger partial charge in [-0.05, 0) is 19.9 Å². The van der Waals surface area contributed by atoms with Crippen LogP contribution in [-0.4, -0.2) is 102 Å². The van der Waals surface area contributed by atoms with Gasteiger partial charge in [0.25, 0.3) is 11.5 Å². The first-order chi connectivity index (χ1) is 19.0. The van der Waals surface area contributed by atoms with Gasteiger partial charge in [-0.1, -0.05) is 6.92 Å². The van der Waals surface area contributed by atoms with Crippen LogP contribution in [0, 0.1) is 5.92 Å². The second-order valence-electron chi connectivity index (χ2n) is 9.08. The summed E-state index contributed by atoms with van der Waals surface area (Å²) in [6.07, 6.45) is -8.23. The largest absolute Gasteiger partial charge is 0.457 e. The molecule has 3 rings (SSSR count). The first-order valence-electron chi connectivity index (χ1n) is 12.7. The van der Waals surface area contributed by atoms with Gasteiger partial charge in [-0.2, -0.15) is 0 Å². The lowest BCUT2D eigenvalue weighted by Crippen LogP contribution is -2.53. The van der Waals surface area contributed by atoms with Gasteiger partial charge in [-0.25, -0.2) is 4.79 Å². The normalized spacial score (nSPS) is 29.1. The Morgan fingerprint density at radius 2 is 1.88 bits per heavy atom. The molecule has 16 nitrogen and oxygen atoms in total. The van der Waals surface area contributed by atoms with Gasteiger partial charge < -0.3 is 49.7 Å². The molecule has 1 aromatic heterocycles. The third kappa shape index (κ3) is 7.14. The number of rotatable bonds is 13. The minimum atomic E-state index is -1.67. The fourth-order valence-corrected chi connectivity index (χ4v) is 4.36. The molecule has 8 atom stereocenters. The third-order valence-corrected chi connectivity index (χ3v) is 6.34. The molecule has 6 N–H and O–H groups in total. The minimum Gasteiger partial charge on any atom is -0.457 e. The highest BCUT2D eigenvalue weighted by molar-refractivity contribution is 5.91. The van der Waals surface area contributed by atoms with Crippen molar-refractivity contribution in [3.63, 3.8) is 0 Å². The molecule has 2 aliphatic heterocycles. The average Bonchev–Trinajstić information content (AvgIpc) is 3.23. The Kier molecular flexibility index (Phi) is 11.0. The molecule has 2 aliphatic rings. The summed E-state index contributed by atoms with van der Waals surface area (Å²) < 4.78 is 34.1. The van der Waals surface area contributed by atoms with Crippen molar-refractivity contribution in [1.82, 2.24) is 14.9 Å². The monoisotopic (exact) mass is 572 g/mol. The highest BCUT2D eigenvalue weighted by Crippen LogP contribution is 2.34. The Morgan fingerprint density at radius 1 is 1.20 bits per heavy atom. The van der Waals surface area contributed by atoms with Gasteiger partial charge in [0.1, 0.15) is 24.4 Å². The summed E-state index contributed by atoms with van der Waals surface area (Å²) in [6, 6.07) is 1.05. The molecule has 16 heteroatoms. The van der Waals surface area contributed by atoms with Crippen LogP contribution in [0.25, 0.3) is 0 Å². The fourth-order valence-electron chi connectivity index (χ4n) is 4.36. The van der Waals surface area contributed by atoms with E-state index >= 15 is 0 Å². The van der Waals surface area contributed by atoms with E-state index in [1.165, 1.54) is 13.2 Å². The molecule has 0 spiro atoms. The van der Waals surface area contributed by atoms with Gasteiger partial charge in [0.15, 0.2) is 24.4 Å². The second kappa shape index (κ2) is 14.0. The van der Waals surface area contributed by atoms with Crippen LogP contribution in [0.15, 0.2) is 33.7 Å². The van der Waals surface area contributed by atoms with E-state index in [0.29, 0.717) is 13.2 Å². The summed E-state index contributed by atoms with van der Waals surface area (Å²) in [5.74, 6) is -2.55. The van der Waals surface area contributed by atoms with Gasteiger partial charge >= 0.3 is 5.69 Å². The molecule has 40 heavy (non-hydrogen) atoms. The number of nitrogens with zero attached hydrogens (tertiary/aromatic N) is 1. The molecule has 224 valence electrons. The summed E-state index contributed by atoms with van der Waals surface area (Å²) >= 11 is 0. The maximum absolute atomic E-state index is 12.8. The Hall–Kier alpha value is -3.12. The Morgan fingerprint density at radius 3 is 2.45 bits per heavy atom. The lowest BCUT2D eigenvalue weighted by molar-refractivity contribution is -0.235. The first-order valence-corrected chi connectivity index (χ1v) is 12.7. The first kappa shape index (κ1) is 31.4. The number of carbonyl (C=O) groups excluding carboxylic acids is 2. The standard InChI is InChI=1S/C24H36N4O12/c1-5-36-14(37-6-2)10-26-21(33)12-9-11(3)15(30)23(38-12)40-19(20(25)32)18-17(35-4)16(31)22(39-18)28-8-7-13(29)27-24(28)34/h7-9,11,14-19,22-23,30-31H,5-6,10H2,1-4H3,(H2,25,32)(H,26,33)(H,27,29,34)/t11-,15-,16+,17-,18-,19+,22+,23+/m0/s1. The zero-order chi connectivity index (χ0) is 29.6. The van der Waals surface area contributed by atoms with Gasteiger partial charge in [0.2, 0.25) is 12.2 Å². The van der Waals surface area contributed by atoms with Crippen LogP contribution < -0.4 is 22.3 Å². The molecule has 2 amide bonds. The van der Waals surface area contributed by atoms with Crippen LogP contribution in [0.3, 0.4) is 0 Å². The Labute approximate surface area is 228 Å². The van der Waals surface area contributed by atoms with Crippen molar-refractivity contribution >= 4 is 11.8 Å². The zero-order valence-electron chi connectivity index (χ0n) is 22.6. The van der Waals surface area contributed by atoms with E-state index in [-0.39, 0.29) is 12.3 Å². The van der Waals surface area contributed by atoms with Crippen LogP contribution in [-0.2, 0) is 38.0 Å². The highest BCUT2D eigenvalue weighted by atomic mass is 16.7. The van der Waals surface area contributed by atoms with Crippen LogP contribution in [0.5, 0.6) is 0 Å². The van der Waals surface area contributed by atoms with Crippen LogP contribution >= 0.6 is 0 Å². The number of aromatic amines is 1. The SMILES string of the molecule is CCOC(CNC(=O)C1=C[C@H](C)[C@H](O)[C@@H](O[C@@H](C(N)=O)[C@H]2O[C@@H](n3ccc(=O)[nH]c3=O)[C@H](O)[C@@H]2OC)O1)OCC. The van der Waals surface area contributed by atoms with Gasteiger partial charge in [-0.3, -0.25) is 23.9 Å². The molecule has 0 radical (unpaired) electrons. The summed E-state index contributed by atoms with van der Waals surface area (Å²) in [4.78, 5) is 51.1. The van der Waals surface area contributed by atoms with Crippen molar-refractivity contribution in [3.05, 3.63) is 44.9 Å². The number of aromatic nitrogens is 2. The van der Waals surface area contributed by atoms with Crippen molar-refractivity contribution in [1.29, 1.82) is 0 Å². The second-order valence-corrected chi connectivity index (χ2v) is 9.08. The van der Waals surface area contributed by atoms with Crippen molar-refractivity contribution in [2.45, 2.75) is 70.1 Å². The molecule has 0 aliphatic carbocycles. The molecule has 0 saturated carbocycles. The molecule has 0 aromatic carbocycles. The highest BCUT2D eigenvalue weighted by Gasteiger charge is 2.52. The molecular formula is C24H36N4O12. The van der Waals surface area contributed by atoms with Gasteiger partial charge in [0, 0.05) is 38.5 Å². The van der Waals surface area contributed by atoms with E-state index < -0.39 is 78.3 Å². The molecule has 1 fully saturated rings. The minimum absolute atomic E-state index is 0.0163. The van der Waals surface area contributed by atoms with Gasteiger partial charge in [-0.15, -0.1) is 0 Å². The Bertz CT molecular complexity index is 1160. The van der Waals surface area contributed by atoms with E-state index in [2.05, 4.69) is 5.32 Å². The van der Waals surface area contributed by atoms with E-state index in [0.717, 1.165) is 16.8 Å². The maximum Gasteiger partial charge on any atom is 0.330 e. The summed E-state index contributed by atoms with van der Waals surface area (Å²) in [5.41, 5.74) is 4.05. The molecular weight excluding hydrogens is 536 g/mol. The summed E-state index contributed by atoms with van der Waals surface area (Å²) in [6.45, 7) is 5.91. The number of amides is 2. The smallest absolute Gasteiger partial charge is 0.330 e. The summed E-state index contributed by atoms with van der Waals surface area (Å²) in [5, 5.41) is 24.2. The number of primary amides is 1. The number of nitrogens with two attached hydrogens (primary N) is 1. The van der Waals surface area contributed by atoms with Crippen molar-refractivity contribution in [2.24, 2.45) is 11.7 Å². The number of H-pyrrole nitrogens is 1. The Balaban J connectivity index is 1.77. The number of methoxy groups -OCH3 is 1. The lowest BCUT2D eigenvalue weighted by atomic mass is 10.00. The van der Waals surface area contributed by atoms with E-state index in [1.54, 1.807) is 20.8 Å². The van der Waals surface area contributed by atoms with Gasteiger partial charge in [0.05, 0.1) is 6.54 Å². The molecule has 3 heterocycles. The number of ether oxygens (including phenoxy) is 6. The molecule has 1 aromatic rings. The predicted octanol–water partition coefficient (Wildman–Crippen LogP) is -2.57. The van der Waals surface area contributed by atoms with Crippen LogP contribution in [0.1, 0.15) is 27.0 Å². The average molecular weight is 573 g/mol. The number of aliphatic hydroxyl groups excluding tert-OH is 2. The molecule has 1 saturated heterocycles. The molecule has 0 bridgehead atoms. The van der Waals surface area contributed by atoms with Crippen molar-refractivity contribution < 1.29 is 48.2 Å². The quantitative estimate of drug-likeness (QED) is 0.154. The topological polar surface area (TPSA) is 223 Å². The van der Waals surface area contributed by atoms with Crippen LogP contribution in [0.4, 0.5) is 0 Å². The van der Waals surface area contributed by atoms with Crippen molar-refractivity contribution in [3.8, 4) is 0 Å². The third-order valence-electron chi connectivity index (χ3n) is 6.34. The predicted molar refractivity (Wildman–Crippen MR) is 134 cm³/mol. The van der Waals surface area contributed by atoms with E-state index in [1.807, 2.05) is 4.98 Å². The summed E-state index contributed by atoms with van der Waals surface area (Å²) in [7, 11) is 1.23. The number of hydrogen-bond acceptors (Lipinski definition) is 12. The fraction of sp³-hybridized carbons (Fsp3) is 0.667. The van der Waals surface area contributed by atoms with Crippen molar-refractivity contribution in [2.75, 3.05) is 26.9 Å². The van der Waals surface area contributed by atoms with E-state index in [9.17, 15) is 29.4 Å². The lowest BCUT2D eigenvalue weighted by Gasteiger charge is -2.35. The van der Waals surface area contributed by atoms with E-state index in [4.69, 9.17) is 34.2 Å². The molecule has 0 unspecified atom stereocenters. The number of hydrogen-bond donors (Lipinski definition) is 5.